The topological polar surface area (TPSA) is 58.1 Å². The van der Waals surface area contributed by atoms with Gasteiger partial charge in [-0.05, 0) is 56.0 Å². The molecular weight excluding hydrogens is 464 g/mol. The van der Waals surface area contributed by atoms with Gasteiger partial charge in [-0.1, -0.05) is 18.2 Å². The maximum absolute atomic E-state index is 13.1. The average molecular weight is 507 g/mol. The molecular formula is C30H42N4O3. The lowest BCUT2D eigenvalue weighted by Gasteiger charge is -2.39. The third kappa shape index (κ3) is 7.30. The molecule has 0 N–H and O–H groups in total. The predicted molar refractivity (Wildman–Crippen MR) is 144 cm³/mol. The first kappa shape index (κ1) is 26.1. The molecule has 0 saturated carbocycles. The van der Waals surface area contributed by atoms with Gasteiger partial charge in [-0.2, -0.15) is 0 Å². The van der Waals surface area contributed by atoms with Crippen molar-refractivity contribution in [1.82, 2.24) is 19.7 Å². The molecule has 3 aliphatic heterocycles. The van der Waals surface area contributed by atoms with Crippen LogP contribution in [0.4, 0.5) is 0 Å². The average Bonchev–Trinajstić information content (AvgIpc) is 2.90. The van der Waals surface area contributed by atoms with Crippen molar-refractivity contribution in [3.05, 3.63) is 59.9 Å². The summed E-state index contributed by atoms with van der Waals surface area (Å²) in [5.74, 6) is 1.34. The summed E-state index contributed by atoms with van der Waals surface area (Å²) in [4.78, 5) is 24.4. The zero-order chi connectivity index (χ0) is 25.7. The van der Waals surface area contributed by atoms with Gasteiger partial charge in [0.2, 0.25) is 5.91 Å². The summed E-state index contributed by atoms with van der Waals surface area (Å²) < 4.78 is 12.2. The zero-order valence-electron chi connectivity index (χ0n) is 22.5. The summed E-state index contributed by atoms with van der Waals surface area (Å²) >= 11 is 0. The molecule has 0 spiro atoms. The van der Waals surface area contributed by atoms with Crippen molar-refractivity contribution in [2.24, 2.45) is 5.92 Å². The van der Waals surface area contributed by atoms with E-state index >= 15 is 0 Å². The minimum absolute atomic E-state index is 0.0927. The van der Waals surface area contributed by atoms with E-state index < -0.39 is 0 Å². The molecule has 0 radical (unpaired) electrons. The van der Waals surface area contributed by atoms with Crippen molar-refractivity contribution in [2.45, 2.75) is 64.3 Å². The summed E-state index contributed by atoms with van der Waals surface area (Å²) in [6, 6.07) is 12.7. The van der Waals surface area contributed by atoms with Crippen molar-refractivity contribution < 1.29 is 14.3 Å². The molecule has 3 aliphatic rings. The van der Waals surface area contributed by atoms with Crippen molar-refractivity contribution in [2.75, 3.05) is 45.9 Å². The number of benzene rings is 1. The Morgan fingerprint density at radius 2 is 1.68 bits per heavy atom. The molecule has 1 aromatic heterocycles. The van der Waals surface area contributed by atoms with E-state index in [9.17, 15) is 4.79 Å². The van der Waals surface area contributed by atoms with Gasteiger partial charge in [-0.3, -0.25) is 19.6 Å². The highest BCUT2D eigenvalue weighted by molar-refractivity contribution is 5.79. The number of piperazine rings is 1. The summed E-state index contributed by atoms with van der Waals surface area (Å²) in [6.45, 7) is 12.6. The van der Waals surface area contributed by atoms with Crippen LogP contribution in [-0.2, 0) is 22.6 Å². The van der Waals surface area contributed by atoms with E-state index in [4.69, 9.17) is 9.47 Å². The van der Waals surface area contributed by atoms with Gasteiger partial charge in [0, 0.05) is 90.1 Å². The van der Waals surface area contributed by atoms with Crippen LogP contribution in [0.3, 0.4) is 0 Å². The molecule has 4 heterocycles. The highest BCUT2D eigenvalue weighted by atomic mass is 16.5. The van der Waals surface area contributed by atoms with Crippen molar-refractivity contribution in [3.8, 4) is 5.75 Å². The number of carbonyl (C=O) groups is 1. The van der Waals surface area contributed by atoms with E-state index in [2.05, 4.69) is 63.9 Å². The van der Waals surface area contributed by atoms with Crippen LogP contribution in [0.1, 0.15) is 50.7 Å². The van der Waals surface area contributed by atoms with Crippen LogP contribution in [0.2, 0.25) is 0 Å². The van der Waals surface area contributed by atoms with Crippen LogP contribution in [-0.4, -0.2) is 83.2 Å². The molecule has 3 fully saturated rings. The summed E-state index contributed by atoms with van der Waals surface area (Å²) in [6.07, 6.45) is 7.40. The fraction of sp³-hybridized carbons (Fsp3) is 0.600. The number of likely N-dealkylation sites (tertiary alicyclic amines) is 1. The smallest absolute Gasteiger partial charge is 0.225 e. The number of aromatic nitrogens is 1. The molecule has 2 aromatic rings. The second-order valence-electron chi connectivity index (χ2n) is 11.5. The lowest BCUT2D eigenvalue weighted by Crippen LogP contribution is -2.47. The predicted octanol–water partition coefficient (Wildman–Crippen LogP) is 3.97. The molecule has 7 nitrogen and oxygen atoms in total. The van der Waals surface area contributed by atoms with Gasteiger partial charge in [-0.25, -0.2) is 0 Å². The van der Waals surface area contributed by atoms with Crippen molar-refractivity contribution in [1.29, 1.82) is 0 Å². The number of hydrogen-bond acceptors (Lipinski definition) is 6. The molecule has 37 heavy (non-hydrogen) atoms. The Balaban J connectivity index is 1.05. The second-order valence-corrected chi connectivity index (χ2v) is 11.5. The van der Waals surface area contributed by atoms with Crippen LogP contribution in [0.15, 0.2) is 48.8 Å². The summed E-state index contributed by atoms with van der Waals surface area (Å²) in [5, 5.41) is 0. The SMILES string of the molecule is CC1(C)CC(C(=O)N2CCC(Oc3cccc(CN4CCN(Cc5cccnc5)CC4)c3)CC2)CCO1. The fourth-order valence-corrected chi connectivity index (χ4v) is 5.92. The number of nitrogens with zero attached hydrogens (tertiary/aromatic N) is 4. The quantitative estimate of drug-likeness (QED) is 0.566. The van der Waals surface area contributed by atoms with Gasteiger partial charge in [0.1, 0.15) is 11.9 Å². The Labute approximate surface area is 221 Å². The van der Waals surface area contributed by atoms with Crippen LogP contribution in [0, 0.1) is 5.92 Å². The van der Waals surface area contributed by atoms with Crippen LogP contribution >= 0.6 is 0 Å². The Morgan fingerprint density at radius 1 is 0.973 bits per heavy atom. The van der Waals surface area contributed by atoms with Gasteiger partial charge < -0.3 is 14.4 Å². The number of ether oxygens (including phenoxy) is 2. The number of pyridine rings is 1. The Hall–Kier alpha value is -2.48. The molecule has 0 bridgehead atoms. The highest BCUT2D eigenvalue weighted by Crippen LogP contribution is 2.31. The molecule has 7 heteroatoms. The minimum Gasteiger partial charge on any atom is -0.490 e. The first-order valence-electron chi connectivity index (χ1n) is 14.0. The van der Waals surface area contributed by atoms with E-state index in [1.165, 1.54) is 11.1 Å². The summed E-state index contributed by atoms with van der Waals surface area (Å²) in [7, 11) is 0. The van der Waals surface area contributed by atoms with Gasteiger partial charge in [0.25, 0.3) is 0 Å². The Bertz CT molecular complexity index is 1010. The zero-order valence-corrected chi connectivity index (χ0v) is 22.5. The fourth-order valence-electron chi connectivity index (χ4n) is 5.92. The van der Waals surface area contributed by atoms with Gasteiger partial charge in [0.15, 0.2) is 0 Å². The number of carbonyl (C=O) groups excluding carboxylic acids is 1. The number of amides is 1. The van der Waals surface area contributed by atoms with E-state index in [0.717, 1.165) is 83.8 Å². The van der Waals surface area contributed by atoms with Crippen molar-refractivity contribution in [3.63, 3.8) is 0 Å². The normalized spacial score (nSPS) is 23.6. The minimum atomic E-state index is -0.196. The standard InChI is InChI=1S/C30H42N4O3/c1-30(2)20-26(10-18-36-30)29(35)34-12-8-27(9-13-34)37-28-7-3-5-24(19-28)22-32-14-16-33(17-15-32)23-25-6-4-11-31-21-25/h3-7,11,19,21,26-27H,8-10,12-18,20,22-23H2,1-2H3. The molecule has 200 valence electrons. The van der Waals surface area contributed by atoms with Gasteiger partial charge in [0.05, 0.1) is 5.60 Å². The number of piperidine rings is 1. The number of rotatable bonds is 7. The van der Waals surface area contributed by atoms with Crippen LogP contribution < -0.4 is 4.74 Å². The molecule has 3 saturated heterocycles. The third-order valence-corrected chi connectivity index (χ3v) is 8.00. The molecule has 1 unspecified atom stereocenters. The maximum Gasteiger partial charge on any atom is 0.225 e. The second kappa shape index (κ2) is 11.9. The molecule has 5 rings (SSSR count). The highest BCUT2D eigenvalue weighted by Gasteiger charge is 2.36. The largest absolute Gasteiger partial charge is 0.490 e. The van der Waals surface area contributed by atoms with E-state index in [1.807, 2.05) is 18.5 Å². The molecule has 1 amide bonds. The molecule has 0 aliphatic carbocycles. The lowest BCUT2D eigenvalue weighted by atomic mass is 9.87. The number of hydrogen-bond donors (Lipinski definition) is 0. The molecule has 1 aromatic carbocycles. The van der Waals surface area contributed by atoms with Gasteiger partial charge >= 0.3 is 0 Å². The lowest BCUT2D eigenvalue weighted by molar-refractivity contribution is -0.147. The first-order valence-corrected chi connectivity index (χ1v) is 14.0. The Morgan fingerprint density at radius 3 is 2.35 bits per heavy atom. The van der Waals surface area contributed by atoms with Gasteiger partial charge in [-0.15, -0.1) is 0 Å². The maximum atomic E-state index is 13.1. The first-order chi connectivity index (χ1) is 17.9. The van der Waals surface area contributed by atoms with E-state index in [0.29, 0.717) is 12.5 Å². The molecule has 1 atom stereocenters. The monoisotopic (exact) mass is 506 g/mol. The van der Waals surface area contributed by atoms with E-state index in [-0.39, 0.29) is 17.6 Å². The van der Waals surface area contributed by atoms with E-state index in [1.54, 1.807) is 0 Å². The van der Waals surface area contributed by atoms with Crippen LogP contribution in [0.25, 0.3) is 0 Å². The summed E-state index contributed by atoms with van der Waals surface area (Å²) in [5.41, 5.74) is 2.38. The van der Waals surface area contributed by atoms with Crippen LogP contribution in [0.5, 0.6) is 5.75 Å². The Kier molecular flexibility index (Phi) is 8.43. The van der Waals surface area contributed by atoms with Crippen molar-refractivity contribution >= 4 is 5.91 Å². The third-order valence-electron chi connectivity index (χ3n) is 8.00.